The van der Waals surface area contributed by atoms with Crippen LogP contribution in [0.4, 0.5) is 17.1 Å². The van der Waals surface area contributed by atoms with Crippen molar-refractivity contribution < 1.29 is 9.72 Å². The van der Waals surface area contributed by atoms with Crippen molar-refractivity contribution in [2.75, 3.05) is 4.90 Å². The Morgan fingerprint density at radius 2 is 1.50 bits per heavy atom. The van der Waals surface area contributed by atoms with Gasteiger partial charge in [0.15, 0.2) is 5.17 Å². The van der Waals surface area contributed by atoms with Crippen LogP contribution in [0.5, 0.6) is 0 Å². The predicted octanol–water partition coefficient (Wildman–Crippen LogP) is 6.19. The molecule has 8 heteroatoms. The van der Waals surface area contributed by atoms with Crippen molar-refractivity contribution in [3.05, 3.63) is 124 Å². The number of carbonyl (C=O) groups excluding carboxylic acids is 1. The van der Waals surface area contributed by atoms with Crippen molar-refractivity contribution in [1.82, 2.24) is 4.57 Å². The molecule has 1 aromatic heterocycles. The molecule has 166 valence electrons. The van der Waals surface area contributed by atoms with Gasteiger partial charge >= 0.3 is 0 Å². The SMILES string of the molecule is O=C1C(=Cc2cccn2-c2ccc([N+](=O)[O-])cc2)SC(=Nc2ccccc2)N1c1ccccc1. The van der Waals surface area contributed by atoms with Crippen molar-refractivity contribution in [1.29, 1.82) is 0 Å². The lowest BCUT2D eigenvalue weighted by atomic mass is 10.2. The number of nitro benzene ring substituents is 1. The second-order valence-electron chi connectivity index (χ2n) is 7.39. The maximum atomic E-state index is 13.5. The number of anilines is 1. The van der Waals surface area contributed by atoms with Gasteiger partial charge in [-0.1, -0.05) is 36.4 Å². The number of aromatic nitrogens is 1. The predicted molar refractivity (Wildman–Crippen MR) is 135 cm³/mol. The topological polar surface area (TPSA) is 80.7 Å². The molecule has 0 saturated carbocycles. The lowest BCUT2D eigenvalue weighted by Gasteiger charge is -2.15. The van der Waals surface area contributed by atoms with Crippen LogP contribution in [-0.4, -0.2) is 20.6 Å². The van der Waals surface area contributed by atoms with Crippen LogP contribution < -0.4 is 4.90 Å². The van der Waals surface area contributed by atoms with Gasteiger partial charge in [0, 0.05) is 29.7 Å². The molecule has 0 radical (unpaired) electrons. The molecule has 34 heavy (non-hydrogen) atoms. The molecular weight excluding hydrogens is 448 g/mol. The first kappa shape index (κ1) is 21.4. The van der Waals surface area contributed by atoms with E-state index < -0.39 is 4.92 Å². The molecule has 4 aromatic rings. The summed E-state index contributed by atoms with van der Waals surface area (Å²) in [6.45, 7) is 0. The highest BCUT2D eigenvalue weighted by molar-refractivity contribution is 8.19. The molecule has 2 heterocycles. The van der Waals surface area contributed by atoms with Crippen LogP contribution in [0.25, 0.3) is 11.8 Å². The number of non-ortho nitro benzene ring substituents is 1. The number of aliphatic imine (C=N–C) groups is 1. The first-order valence-corrected chi connectivity index (χ1v) is 11.3. The van der Waals surface area contributed by atoms with Crippen molar-refractivity contribution >= 4 is 46.0 Å². The summed E-state index contributed by atoms with van der Waals surface area (Å²) in [7, 11) is 0. The third kappa shape index (κ3) is 4.26. The fourth-order valence-corrected chi connectivity index (χ4v) is 4.57. The van der Waals surface area contributed by atoms with E-state index >= 15 is 0 Å². The first-order chi connectivity index (χ1) is 16.6. The van der Waals surface area contributed by atoms with Crippen molar-refractivity contribution in [3.8, 4) is 5.69 Å². The second-order valence-corrected chi connectivity index (χ2v) is 8.40. The molecule has 1 amide bonds. The van der Waals surface area contributed by atoms with E-state index in [4.69, 9.17) is 4.99 Å². The number of para-hydroxylation sites is 2. The number of carbonyl (C=O) groups is 1. The Morgan fingerprint density at radius 1 is 0.824 bits per heavy atom. The van der Waals surface area contributed by atoms with Gasteiger partial charge in [-0.05, 0) is 66.4 Å². The van der Waals surface area contributed by atoms with Crippen LogP contribution in [0.15, 0.2) is 113 Å². The Kier molecular flexibility index (Phi) is 5.80. The van der Waals surface area contributed by atoms with Crippen LogP contribution in [0.1, 0.15) is 5.69 Å². The normalized spacial score (nSPS) is 15.9. The minimum absolute atomic E-state index is 0.0256. The van der Waals surface area contributed by atoms with Gasteiger partial charge in [0.25, 0.3) is 11.6 Å². The molecule has 1 saturated heterocycles. The Balaban J connectivity index is 1.53. The lowest BCUT2D eigenvalue weighted by Crippen LogP contribution is -2.28. The van der Waals surface area contributed by atoms with Crippen molar-refractivity contribution in [2.24, 2.45) is 4.99 Å². The average molecular weight is 467 g/mol. The fraction of sp³-hybridized carbons (Fsp3) is 0. The Bertz CT molecular complexity index is 1410. The molecular formula is C26H18N4O3S. The van der Waals surface area contributed by atoms with Crippen LogP contribution in [0.2, 0.25) is 0 Å². The molecule has 5 rings (SSSR count). The van der Waals surface area contributed by atoms with E-state index in [-0.39, 0.29) is 11.6 Å². The van der Waals surface area contributed by atoms with E-state index in [0.717, 1.165) is 22.8 Å². The lowest BCUT2D eigenvalue weighted by molar-refractivity contribution is -0.384. The highest BCUT2D eigenvalue weighted by Gasteiger charge is 2.34. The number of nitrogens with zero attached hydrogens (tertiary/aromatic N) is 4. The molecule has 3 aromatic carbocycles. The minimum atomic E-state index is -0.429. The summed E-state index contributed by atoms with van der Waals surface area (Å²) in [5, 5.41) is 11.5. The second kappa shape index (κ2) is 9.21. The number of amidine groups is 1. The van der Waals surface area contributed by atoms with Crippen LogP contribution >= 0.6 is 11.8 Å². The van der Waals surface area contributed by atoms with Gasteiger partial charge in [-0.25, -0.2) is 4.99 Å². The molecule has 1 aliphatic heterocycles. The van der Waals surface area contributed by atoms with E-state index in [0.29, 0.717) is 10.1 Å². The summed E-state index contributed by atoms with van der Waals surface area (Å²) in [5.74, 6) is -0.165. The zero-order chi connectivity index (χ0) is 23.5. The van der Waals surface area contributed by atoms with Gasteiger partial charge in [0.2, 0.25) is 0 Å². The maximum Gasteiger partial charge on any atom is 0.271 e. The summed E-state index contributed by atoms with van der Waals surface area (Å²) >= 11 is 1.31. The summed E-state index contributed by atoms with van der Waals surface area (Å²) < 4.78 is 1.88. The van der Waals surface area contributed by atoms with E-state index in [1.54, 1.807) is 17.0 Å². The zero-order valence-electron chi connectivity index (χ0n) is 17.8. The Hall–Kier alpha value is -4.43. The third-order valence-corrected chi connectivity index (χ3v) is 6.17. The molecule has 0 spiro atoms. The number of rotatable bonds is 5. The highest BCUT2D eigenvalue weighted by Crippen LogP contribution is 2.37. The van der Waals surface area contributed by atoms with Gasteiger partial charge in [0.1, 0.15) is 0 Å². The smallest absolute Gasteiger partial charge is 0.271 e. The van der Waals surface area contributed by atoms with Gasteiger partial charge in [-0.2, -0.15) is 0 Å². The molecule has 7 nitrogen and oxygen atoms in total. The average Bonchev–Trinajstić information content (AvgIpc) is 3.45. The summed E-state index contributed by atoms with van der Waals surface area (Å²) in [5.41, 5.74) is 3.06. The third-order valence-electron chi connectivity index (χ3n) is 5.20. The van der Waals surface area contributed by atoms with Gasteiger partial charge < -0.3 is 4.57 Å². The molecule has 0 unspecified atom stereocenters. The van der Waals surface area contributed by atoms with E-state index in [9.17, 15) is 14.9 Å². The Morgan fingerprint density at radius 3 is 2.18 bits per heavy atom. The monoisotopic (exact) mass is 466 g/mol. The highest BCUT2D eigenvalue weighted by atomic mass is 32.2. The number of hydrogen-bond donors (Lipinski definition) is 0. The Labute approximate surface area is 199 Å². The van der Waals surface area contributed by atoms with Gasteiger partial charge in [-0.15, -0.1) is 0 Å². The van der Waals surface area contributed by atoms with E-state index in [2.05, 4.69) is 0 Å². The minimum Gasteiger partial charge on any atom is -0.317 e. The largest absolute Gasteiger partial charge is 0.317 e. The molecule has 1 fully saturated rings. The number of amides is 1. The summed E-state index contributed by atoms with van der Waals surface area (Å²) in [6, 6.07) is 29.0. The van der Waals surface area contributed by atoms with Crippen molar-refractivity contribution in [3.63, 3.8) is 0 Å². The quantitative estimate of drug-likeness (QED) is 0.199. The van der Waals surface area contributed by atoms with Crippen LogP contribution in [0.3, 0.4) is 0 Å². The first-order valence-electron chi connectivity index (χ1n) is 10.5. The van der Waals surface area contributed by atoms with E-state index in [1.807, 2.05) is 89.6 Å². The van der Waals surface area contributed by atoms with Crippen LogP contribution in [-0.2, 0) is 4.79 Å². The molecule has 0 N–H and O–H groups in total. The standard InChI is InChI=1S/C26H18N4O3S/c31-25-24(18-23-12-7-17-28(23)20-13-15-22(16-14-20)30(32)33)34-26(27-19-8-3-1-4-9-19)29(25)21-10-5-2-6-11-21/h1-18H. The summed E-state index contributed by atoms with van der Waals surface area (Å²) in [4.78, 5) is 30.9. The molecule has 0 bridgehead atoms. The zero-order valence-corrected chi connectivity index (χ0v) is 18.6. The molecule has 0 aliphatic carbocycles. The number of benzene rings is 3. The van der Waals surface area contributed by atoms with Gasteiger partial charge in [0.05, 0.1) is 21.2 Å². The molecule has 0 atom stereocenters. The number of hydrogen-bond acceptors (Lipinski definition) is 5. The number of thioether (sulfide) groups is 1. The number of nitro groups is 1. The summed E-state index contributed by atoms with van der Waals surface area (Å²) in [6.07, 6.45) is 3.67. The van der Waals surface area contributed by atoms with Crippen molar-refractivity contribution in [2.45, 2.75) is 0 Å². The van der Waals surface area contributed by atoms with E-state index in [1.165, 1.54) is 23.9 Å². The van der Waals surface area contributed by atoms with Crippen LogP contribution in [0, 0.1) is 10.1 Å². The maximum absolute atomic E-state index is 13.5. The fourth-order valence-electron chi connectivity index (χ4n) is 3.58. The van der Waals surface area contributed by atoms with Gasteiger partial charge in [-0.3, -0.25) is 19.8 Å². The molecule has 1 aliphatic rings.